The van der Waals surface area contributed by atoms with Gasteiger partial charge in [-0.3, -0.25) is 0 Å². The number of thiophene rings is 2. The van der Waals surface area contributed by atoms with Crippen LogP contribution in [0, 0.1) is 0 Å². The second kappa shape index (κ2) is 5.87. The normalized spacial score (nSPS) is 12.6. The lowest BCUT2D eigenvalue weighted by atomic mass is 10.1. The molecule has 2 rings (SSSR count). The second-order valence-corrected chi connectivity index (χ2v) is 6.35. The number of ether oxygens (including phenoxy) is 1. The Balaban J connectivity index is 2.16. The molecule has 0 bridgehead atoms. The van der Waals surface area contributed by atoms with Crippen molar-refractivity contribution in [1.29, 1.82) is 0 Å². The molecule has 0 aliphatic rings. The van der Waals surface area contributed by atoms with E-state index in [4.69, 9.17) is 16.3 Å². The van der Waals surface area contributed by atoms with E-state index in [0.717, 1.165) is 16.5 Å². The molecule has 2 nitrogen and oxygen atoms in total. The Labute approximate surface area is 114 Å². The average molecular weight is 288 g/mol. The van der Waals surface area contributed by atoms with Crippen LogP contribution in [-0.4, -0.2) is 14.2 Å². The molecule has 0 aliphatic carbocycles. The van der Waals surface area contributed by atoms with Crippen LogP contribution in [0.4, 0.5) is 0 Å². The molecule has 0 spiro atoms. The molecule has 0 fully saturated rings. The van der Waals surface area contributed by atoms with E-state index in [9.17, 15) is 0 Å². The van der Waals surface area contributed by atoms with Crippen molar-refractivity contribution in [3.8, 4) is 5.75 Å². The fraction of sp³-hybridized carbons (Fsp3) is 0.333. The molecule has 0 aromatic carbocycles. The van der Waals surface area contributed by atoms with Crippen molar-refractivity contribution in [3.63, 3.8) is 0 Å². The van der Waals surface area contributed by atoms with Gasteiger partial charge in [0.2, 0.25) is 0 Å². The van der Waals surface area contributed by atoms with E-state index in [1.807, 2.05) is 19.2 Å². The van der Waals surface area contributed by atoms with Crippen molar-refractivity contribution >= 4 is 34.3 Å². The molecule has 2 aromatic heterocycles. The molecular weight excluding hydrogens is 274 g/mol. The minimum absolute atomic E-state index is 0.277. The van der Waals surface area contributed by atoms with Crippen LogP contribution in [0.1, 0.15) is 15.8 Å². The van der Waals surface area contributed by atoms with Crippen LogP contribution in [0.15, 0.2) is 23.6 Å². The molecule has 0 amide bonds. The molecular formula is C12H14ClNOS2. The van der Waals surface area contributed by atoms with E-state index in [2.05, 4.69) is 16.8 Å². The largest absolute Gasteiger partial charge is 0.496 e. The van der Waals surface area contributed by atoms with Gasteiger partial charge in [-0.2, -0.15) is 0 Å². The third-order valence-corrected chi connectivity index (χ3v) is 4.84. The van der Waals surface area contributed by atoms with E-state index in [1.165, 1.54) is 9.75 Å². The van der Waals surface area contributed by atoms with Gasteiger partial charge in [0.05, 0.1) is 16.3 Å². The van der Waals surface area contributed by atoms with E-state index in [1.54, 1.807) is 29.8 Å². The maximum Gasteiger partial charge on any atom is 0.134 e. The van der Waals surface area contributed by atoms with Gasteiger partial charge >= 0.3 is 0 Å². The number of hydrogen-bond acceptors (Lipinski definition) is 4. The lowest BCUT2D eigenvalue weighted by molar-refractivity contribution is 0.405. The Hall–Kier alpha value is -0.550. The van der Waals surface area contributed by atoms with Crippen molar-refractivity contribution in [2.24, 2.45) is 0 Å². The summed E-state index contributed by atoms with van der Waals surface area (Å²) in [6.45, 7) is 0. The highest BCUT2D eigenvalue weighted by atomic mass is 35.5. The van der Waals surface area contributed by atoms with Crippen LogP contribution < -0.4 is 10.1 Å². The predicted molar refractivity (Wildman–Crippen MR) is 75.7 cm³/mol. The number of rotatable bonds is 5. The Morgan fingerprint density at radius 3 is 2.82 bits per heavy atom. The topological polar surface area (TPSA) is 21.3 Å². The summed E-state index contributed by atoms with van der Waals surface area (Å²) in [6, 6.07) is 6.31. The Morgan fingerprint density at radius 2 is 2.24 bits per heavy atom. The zero-order valence-electron chi connectivity index (χ0n) is 9.70. The lowest BCUT2D eigenvalue weighted by Gasteiger charge is -2.15. The number of nitrogens with one attached hydrogen (secondary N) is 1. The van der Waals surface area contributed by atoms with Gasteiger partial charge in [-0.1, -0.05) is 11.6 Å². The van der Waals surface area contributed by atoms with Gasteiger partial charge in [0.25, 0.3) is 0 Å². The highest BCUT2D eigenvalue weighted by Crippen LogP contribution is 2.34. The summed E-state index contributed by atoms with van der Waals surface area (Å²) in [4.78, 5) is 2.52. The standard InChI is InChI=1S/C12H14ClNOS2/c1-14-9(7-8-3-4-11(13)17-8)12-10(15-2)5-6-16-12/h3-6,9,14H,7H2,1-2H3. The van der Waals surface area contributed by atoms with Crippen molar-refractivity contribution in [2.75, 3.05) is 14.2 Å². The maximum atomic E-state index is 5.95. The molecule has 0 saturated carbocycles. The Kier molecular flexibility index (Phi) is 4.45. The first-order valence-corrected chi connectivity index (χ1v) is 7.35. The van der Waals surface area contributed by atoms with Gasteiger partial charge in [0.15, 0.2) is 0 Å². The van der Waals surface area contributed by atoms with Gasteiger partial charge in [-0.05, 0) is 30.6 Å². The minimum atomic E-state index is 0.277. The molecule has 1 N–H and O–H groups in total. The molecule has 0 aliphatic heterocycles. The van der Waals surface area contributed by atoms with Crippen molar-refractivity contribution in [1.82, 2.24) is 5.32 Å². The van der Waals surface area contributed by atoms with Crippen LogP contribution in [0.25, 0.3) is 0 Å². The summed E-state index contributed by atoms with van der Waals surface area (Å²) in [5.74, 6) is 0.956. The van der Waals surface area contributed by atoms with Gasteiger partial charge in [0, 0.05) is 17.3 Å². The first kappa shape index (κ1) is 12.9. The fourth-order valence-corrected chi connectivity index (χ4v) is 3.82. The van der Waals surface area contributed by atoms with Gasteiger partial charge in [-0.25, -0.2) is 0 Å². The maximum absolute atomic E-state index is 5.95. The monoisotopic (exact) mass is 287 g/mol. The molecule has 2 heterocycles. The van der Waals surface area contributed by atoms with Crippen molar-refractivity contribution in [3.05, 3.63) is 37.7 Å². The fourth-order valence-electron chi connectivity index (χ4n) is 1.72. The smallest absolute Gasteiger partial charge is 0.134 e. The van der Waals surface area contributed by atoms with E-state index < -0.39 is 0 Å². The Bertz CT molecular complexity index is 480. The number of methoxy groups -OCH3 is 1. The summed E-state index contributed by atoms with van der Waals surface area (Å²) in [5.41, 5.74) is 0. The zero-order chi connectivity index (χ0) is 12.3. The lowest BCUT2D eigenvalue weighted by Crippen LogP contribution is -2.17. The van der Waals surface area contributed by atoms with Crippen LogP contribution in [0.5, 0.6) is 5.75 Å². The summed E-state index contributed by atoms with van der Waals surface area (Å²) >= 11 is 9.29. The third kappa shape index (κ3) is 3.01. The van der Waals surface area contributed by atoms with Crippen LogP contribution in [-0.2, 0) is 6.42 Å². The quantitative estimate of drug-likeness (QED) is 0.898. The summed E-state index contributed by atoms with van der Waals surface area (Å²) in [6.07, 6.45) is 0.935. The first-order chi connectivity index (χ1) is 8.24. The van der Waals surface area contributed by atoms with Gasteiger partial charge < -0.3 is 10.1 Å². The van der Waals surface area contributed by atoms with Crippen LogP contribution >= 0.6 is 34.3 Å². The van der Waals surface area contributed by atoms with E-state index >= 15 is 0 Å². The van der Waals surface area contributed by atoms with E-state index in [-0.39, 0.29) is 6.04 Å². The van der Waals surface area contributed by atoms with Crippen molar-refractivity contribution < 1.29 is 4.74 Å². The first-order valence-electron chi connectivity index (χ1n) is 5.27. The number of hydrogen-bond donors (Lipinski definition) is 1. The molecule has 0 radical (unpaired) electrons. The molecule has 1 atom stereocenters. The molecule has 1 unspecified atom stereocenters. The number of likely N-dealkylation sites (N-methyl/N-ethyl adjacent to an activating group) is 1. The van der Waals surface area contributed by atoms with Crippen LogP contribution in [0.3, 0.4) is 0 Å². The number of halogens is 1. The Morgan fingerprint density at radius 1 is 1.41 bits per heavy atom. The zero-order valence-corrected chi connectivity index (χ0v) is 12.1. The average Bonchev–Trinajstić information content (AvgIpc) is 2.94. The summed E-state index contributed by atoms with van der Waals surface area (Å²) in [7, 11) is 3.68. The molecule has 5 heteroatoms. The molecule has 2 aromatic rings. The molecule has 17 heavy (non-hydrogen) atoms. The van der Waals surface area contributed by atoms with Crippen molar-refractivity contribution in [2.45, 2.75) is 12.5 Å². The minimum Gasteiger partial charge on any atom is -0.496 e. The second-order valence-electron chi connectivity index (χ2n) is 3.60. The molecule has 92 valence electrons. The van der Waals surface area contributed by atoms with Gasteiger partial charge in [0.1, 0.15) is 5.75 Å². The highest BCUT2D eigenvalue weighted by Gasteiger charge is 2.17. The van der Waals surface area contributed by atoms with E-state index in [0.29, 0.717) is 0 Å². The third-order valence-electron chi connectivity index (χ3n) is 2.58. The van der Waals surface area contributed by atoms with Gasteiger partial charge in [-0.15, -0.1) is 22.7 Å². The SMILES string of the molecule is CNC(Cc1ccc(Cl)s1)c1sccc1OC. The predicted octanol–water partition coefficient (Wildman–Crippen LogP) is 3.97. The van der Waals surface area contributed by atoms with Crippen LogP contribution in [0.2, 0.25) is 4.34 Å². The summed E-state index contributed by atoms with van der Waals surface area (Å²) in [5, 5.41) is 5.39. The summed E-state index contributed by atoms with van der Waals surface area (Å²) < 4.78 is 6.20. The molecule has 0 saturated heterocycles. The highest BCUT2D eigenvalue weighted by molar-refractivity contribution is 7.16.